The highest BCUT2D eigenvalue weighted by Crippen LogP contribution is 2.35. The fraction of sp³-hybridized carbons (Fsp3) is 0.476. The fourth-order valence-electron chi connectivity index (χ4n) is 4.25. The number of allylic oxidation sites excluding steroid dienone is 2. The number of likely N-dealkylation sites (tertiary alicyclic amines) is 1. The van der Waals surface area contributed by atoms with Crippen LogP contribution in [0.2, 0.25) is 5.02 Å². The van der Waals surface area contributed by atoms with Gasteiger partial charge in [-0.05, 0) is 25.0 Å². The molecule has 8 heteroatoms. The van der Waals surface area contributed by atoms with E-state index in [2.05, 4.69) is 15.1 Å². The van der Waals surface area contributed by atoms with Crippen molar-refractivity contribution in [1.29, 1.82) is 0 Å². The zero-order chi connectivity index (χ0) is 20.4. The van der Waals surface area contributed by atoms with Crippen LogP contribution in [0.15, 0.2) is 36.4 Å². The lowest BCUT2D eigenvalue weighted by Gasteiger charge is -2.35. The predicted molar refractivity (Wildman–Crippen MR) is 110 cm³/mol. The average molecular weight is 417 g/mol. The van der Waals surface area contributed by atoms with Gasteiger partial charge in [-0.3, -0.25) is 29.1 Å². The summed E-state index contributed by atoms with van der Waals surface area (Å²) in [6, 6.07) is 7.16. The third kappa shape index (κ3) is 4.37. The molecular weight excluding hydrogens is 392 g/mol. The Balaban J connectivity index is 1.25. The summed E-state index contributed by atoms with van der Waals surface area (Å²) in [6.07, 6.45) is 5.34. The number of amides is 3. The number of hydrogen-bond acceptors (Lipinski definition) is 5. The van der Waals surface area contributed by atoms with Crippen molar-refractivity contribution in [3.05, 3.63) is 41.4 Å². The number of piperazine rings is 1. The topological polar surface area (TPSA) is 73.0 Å². The molecule has 1 N–H and O–H groups in total. The summed E-state index contributed by atoms with van der Waals surface area (Å²) in [6.45, 7) is 3.48. The molecule has 0 saturated carbocycles. The van der Waals surface area contributed by atoms with Crippen LogP contribution in [0, 0.1) is 11.8 Å². The highest BCUT2D eigenvalue weighted by atomic mass is 35.5. The maximum atomic E-state index is 12.6. The van der Waals surface area contributed by atoms with E-state index < -0.39 is 0 Å². The summed E-state index contributed by atoms with van der Waals surface area (Å²) < 4.78 is 0. The highest BCUT2D eigenvalue weighted by Gasteiger charge is 2.47. The molecule has 154 valence electrons. The number of fused-ring (bicyclic) bond motifs is 1. The van der Waals surface area contributed by atoms with Gasteiger partial charge in [0.25, 0.3) is 0 Å². The number of para-hydroxylation sites is 1. The molecule has 1 aliphatic carbocycles. The molecule has 2 heterocycles. The van der Waals surface area contributed by atoms with E-state index in [0.29, 0.717) is 56.4 Å². The minimum atomic E-state index is -0.178. The van der Waals surface area contributed by atoms with Crippen LogP contribution in [-0.2, 0) is 14.4 Å². The number of benzene rings is 1. The number of hydrogen-bond donors (Lipinski definition) is 1. The van der Waals surface area contributed by atoms with Gasteiger partial charge < -0.3 is 5.32 Å². The molecule has 1 aromatic carbocycles. The number of halogens is 1. The van der Waals surface area contributed by atoms with Crippen LogP contribution in [0.25, 0.3) is 0 Å². The summed E-state index contributed by atoms with van der Waals surface area (Å²) in [7, 11) is 0. The van der Waals surface area contributed by atoms with Crippen molar-refractivity contribution in [2.45, 2.75) is 12.8 Å². The van der Waals surface area contributed by atoms with E-state index in [1.54, 1.807) is 12.1 Å². The summed E-state index contributed by atoms with van der Waals surface area (Å²) in [4.78, 5) is 43.1. The van der Waals surface area contributed by atoms with Gasteiger partial charge in [0.1, 0.15) is 0 Å². The third-order valence-electron chi connectivity index (χ3n) is 5.92. The summed E-state index contributed by atoms with van der Waals surface area (Å²) in [5, 5.41) is 3.35. The van der Waals surface area contributed by atoms with E-state index in [1.165, 1.54) is 4.90 Å². The molecule has 2 saturated heterocycles. The van der Waals surface area contributed by atoms with Gasteiger partial charge in [0.2, 0.25) is 17.7 Å². The lowest BCUT2D eigenvalue weighted by atomic mass is 9.85. The smallest absolute Gasteiger partial charge is 0.238 e. The third-order valence-corrected chi connectivity index (χ3v) is 6.25. The molecule has 2 aliphatic heterocycles. The normalized spacial score (nSPS) is 25.3. The Morgan fingerprint density at radius 1 is 0.966 bits per heavy atom. The quantitative estimate of drug-likeness (QED) is 0.585. The van der Waals surface area contributed by atoms with Crippen molar-refractivity contribution in [2.75, 3.05) is 44.7 Å². The van der Waals surface area contributed by atoms with Crippen LogP contribution in [0.5, 0.6) is 0 Å². The molecule has 2 atom stereocenters. The first kappa shape index (κ1) is 20.1. The average Bonchev–Trinajstić information content (AvgIpc) is 2.96. The Labute approximate surface area is 175 Å². The summed E-state index contributed by atoms with van der Waals surface area (Å²) >= 11 is 6.08. The monoisotopic (exact) mass is 416 g/mol. The van der Waals surface area contributed by atoms with E-state index in [0.717, 1.165) is 0 Å². The summed E-state index contributed by atoms with van der Waals surface area (Å²) in [5.41, 5.74) is 0.611. The largest absolute Gasteiger partial charge is 0.324 e. The maximum absolute atomic E-state index is 12.6. The van der Waals surface area contributed by atoms with Gasteiger partial charge in [0.15, 0.2) is 0 Å². The number of imide groups is 1. The van der Waals surface area contributed by atoms with Crippen LogP contribution in [-0.4, -0.2) is 71.8 Å². The Morgan fingerprint density at radius 3 is 2.17 bits per heavy atom. The van der Waals surface area contributed by atoms with E-state index in [9.17, 15) is 14.4 Å². The van der Waals surface area contributed by atoms with Crippen LogP contribution in [0.1, 0.15) is 12.8 Å². The van der Waals surface area contributed by atoms with Gasteiger partial charge in [0, 0.05) is 26.2 Å². The fourth-order valence-corrected chi connectivity index (χ4v) is 4.44. The second-order valence-corrected chi connectivity index (χ2v) is 8.23. The molecule has 29 heavy (non-hydrogen) atoms. The number of nitrogens with one attached hydrogen (secondary N) is 1. The molecule has 3 aliphatic rings. The van der Waals surface area contributed by atoms with Gasteiger partial charge in [-0.15, -0.1) is 0 Å². The first-order valence-electron chi connectivity index (χ1n) is 10.0. The van der Waals surface area contributed by atoms with E-state index >= 15 is 0 Å². The molecule has 0 spiro atoms. The molecular formula is C21H25ClN4O3. The zero-order valence-electron chi connectivity index (χ0n) is 16.2. The van der Waals surface area contributed by atoms with Gasteiger partial charge in [0.05, 0.1) is 35.8 Å². The summed E-state index contributed by atoms with van der Waals surface area (Å²) in [5.74, 6) is -0.533. The number of carbonyl (C=O) groups is 3. The van der Waals surface area contributed by atoms with Crippen LogP contribution in [0.3, 0.4) is 0 Å². The minimum absolute atomic E-state index is 0.0362. The SMILES string of the molecule is O=C(CN1CCN(CN2C(=O)[C@H]3CC=CC[C@H]3C2=O)CC1)Nc1ccccc1Cl. The molecule has 1 aromatic rings. The van der Waals surface area contributed by atoms with Crippen molar-refractivity contribution in [3.8, 4) is 0 Å². The zero-order valence-corrected chi connectivity index (χ0v) is 17.0. The Kier molecular flexibility index (Phi) is 5.99. The number of rotatable bonds is 5. The molecule has 7 nitrogen and oxygen atoms in total. The van der Waals surface area contributed by atoms with Gasteiger partial charge in [-0.2, -0.15) is 0 Å². The van der Waals surface area contributed by atoms with Gasteiger partial charge in [-0.25, -0.2) is 0 Å². The molecule has 2 fully saturated rings. The Hall–Kier alpha value is -2.22. The van der Waals surface area contributed by atoms with Gasteiger partial charge in [-0.1, -0.05) is 35.9 Å². The number of carbonyl (C=O) groups excluding carboxylic acids is 3. The molecule has 0 radical (unpaired) electrons. The minimum Gasteiger partial charge on any atom is -0.324 e. The van der Waals surface area contributed by atoms with Crippen molar-refractivity contribution in [1.82, 2.24) is 14.7 Å². The lowest BCUT2D eigenvalue weighted by Crippen LogP contribution is -2.52. The lowest BCUT2D eigenvalue weighted by molar-refractivity contribution is -0.142. The van der Waals surface area contributed by atoms with Gasteiger partial charge >= 0.3 is 0 Å². The first-order valence-corrected chi connectivity index (χ1v) is 10.4. The molecule has 0 unspecified atom stereocenters. The van der Waals surface area contributed by atoms with Crippen molar-refractivity contribution >= 4 is 35.0 Å². The first-order chi connectivity index (χ1) is 14.0. The molecule has 0 bridgehead atoms. The second-order valence-electron chi connectivity index (χ2n) is 7.82. The second kappa shape index (κ2) is 8.65. The number of anilines is 1. The highest BCUT2D eigenvalue weighted by molar-refractivity contribution is 6.33. The van der Waals surface area contributed by atoms with Crippen molar-refractivity contribution in [2.24, 2.45) is 11.8 Å². The Morgan fingerprint density at radius 2 is 1.55 bits per heavy atom. The van der Waals surface area contributed by atoms with Crippen LogP contribution in [0.4, 0.5) is 5.69 Å². The van der Waals surface area contributed by atoms with Crippen molar-refractivity contribution < 1.29 is 14.4 Å². The standard InChI is InChI=1S/C21H25ClN4O3/c22-17-7-3-4-8-18(17)23-19(27)13-24-9-11-25(12-10-24)14-26-20(28)15-5-1-2-6-16(15)21(26)29/h1-4,7-8,15-16H,5-6,9-14H2,(H,23,27)/t15-,16+. The maximum Gasteiger partial charge on any atom is 0.238 e. The number of nitrogens with zero attached hydrogens (tertiary/aromatic N) is 3. The molecule has 4 rings (SSSR count). The molecule has 3 amide bonds. The Bertz CT molecular complexity index is 809. The van der Waals surface area contributed by atoms with Crippen LogP contribution < -0.4 is 5.32 Å². The van der Waals surface area contributed by atoms with Crippen molar-refractivity contribution in [3.63, 3.8) is 0 Å². The molecule has 0 aromatic heterocycles. The van der Waals surface area contributed by atoms with E-state index in [4.69, 9.17) is 11.6 Å². The van der Waals surface area contributed by atoms with E-state index in [-0.39, 0.29) is 36.1 Å². The predicted octanol–water partition coefficient (Wildman–Crippen LogP) is 1.80. The van der Waals surface area contributed by atoms with Crippen LogP contribution >= 0.6 is 11.6 Å². The van der Waals surface area contributed by atoms with E-state index in [1.807, 2.05) is 24.3 Å².